The maximum atomic E-state index is 12.4. The number of allylic oxidation sites excluding steroid dienone is 11. The molecule has 0 bridgehead atoms. The summed E-state index contributed by atoms with van der Waals surface area (Å²) in [4.78, 5) is 12.4. The molecule has 4 nitrogen and oxygen atoms in total. The van der Waals surface area contributed by atoms with E-state index in [0.29, 0.717) is 6.42 Å². The third kappa shape index (κ3) is 40.8. The van der Waals surface area contributed by atoms with Gasteiger partial charge in [-0.05, 0) is 83.5 Å². The molecule has 0 aliphatic rings. The number of carbonyl (C=O) groups excluding carboxylic acids is 1. The second-order valence-corrected chi connectivity index (χ2v) is 15.1. The molecule has 0 spiro atoms. The normalized spacial score (nSPS) is 13.7. The minimum atomic E-state index is -0.876. The van der Waals surface area contributed by atoms with Gasteiger partial charge in [0.05, 0.1) is 18.8 Å². The fraction of sp³-hybridized carbons (Fsp3) is 0.735. The highest BCUT2D eigenvalue weighted by atomic mass is 16.3. The van der Waals surface area contributed by atoms with Gasteiger partial charge in [-0.25, -0.2) is 0 Å². The molecule has 4 heteroatoms. The second kappa shape index (κ2) is 44.2. The Bertz CT molecular complexity index is 930. The lowest BCUT2D eigenvalue weighted by atomic mass is 10.1. The van der Waals surface area contributed by atoms with E-state index in [0.717, 1.165) is 57.8 Å². The molecule has 0 heterocycles. The van der Waals surface area contributed by atoms with Gasteiger partial charge >= 0.3 is 0 Å². The molecule has 0 saturated heterocycles. The van der Waals surface area contributed by atoms with Crippen molar-refractivity contribution in [2.75, 3.05) is 6.61 Å². The molecule has 0 rings (SSSR count). The quantitative estimate of drug-likeness (QED) is 0.0433. The maximum absolute atomic E-state index is 12.4. The van der Waals surface area contributed by atoms with Crippen LogP contribution in [-0.4, -0.2) is 34.9 Å². The molecule has 0 fully saturated rings. The van der Waals surface area contributed by atoms with Gasteiger partial charge in [0, 0.05) is 6.42 Å². The Balaban J connectivity index is 3.67. The predicted octanol–water partition coefficient (Wildman–Crippen LogP) is 14.3. The zero-order valence-electron chi connectivity index (χ0n) is 35.0. The van der Waals surface area contributed by atoms with Crippen LogP contribution in [0.15, 0.2) is 72.9 Å². The van der Waals surface area contributed by atoms with Crippen molar-refractivity contribution in [1.82, 2.24) is 5.32 Å². The van der Waals surface area contributed by atoms with Crippen molar-refractivity contribution in [3.63, 3.8) is 0 Å². The standard InChI is InChI=1S/C49H87NO3/c1-3-5-7-9-11-13-15-17-19-21-23-24-25-26-27-29-31-33-35-37-39-41-43-45-49(53)50-47(46-51)48(52)44-42-40-38-36-34-32-30-28-22-20-18-16-14-12-10-8-6-4-2/h15,17,21-23,25-26,28,34,36,42,44,47-48,51-52H,3-14,16,18-20,24,27,29-33,35,37-41,43,45-46H2,1-2H3,(H,50,53)/b17-15-,23-21-,26-25-,28-22+,36-34+,44-42+. The first-order valence-electron chi connectivity index (χ1n) is 22.7. The third-order valence-electron chi connectivity index (χ3n) is 9.89. The summed E-state index contributed by atoms with van der Waals surface area (Å²) in [5.74, 6) is -0.0878. The van der Waals surface area contributed by atoms with E-state index in [9.17, 15) is 15.0 Å². The highest BCUT2D eigenvalue weighted by molar-refractivity contribution is 5.76. The van der Waals surface area contributed by atoms with Crippen molar-refractivity contribution in [3.8, 4) is 0 Å². The lowest BCUT2D eigenvalue weighted by Crippen LogP contribution is -2.45. The number of aliphatic hydroxyl groups excluding tert-OH is 2. The van der Waals surface area contributed by atoms with Crippen LogP contribution >= 0.6 is 0 Å². The van der Waals surface area contributed by atoms with Crippen LogP contribution in [-0.2, 0) is 4.79 Å². The number of amides is 1. The lowest BCUT2D eigenvalue weighted by Gasteiger charge is -2.19. The van der Waals surface area contributed by atoms with Crippen molar-refractivity contribution < 1.29 is 15.0 Å². The van der Waals surface area contributed by atoms with Crippen LogP contribution < -0.4 is 5.32 Å². The Morgan fingerprint density at radius 2 is 0.792 bits per heavy atom. The molecule has 2 unspecified atom stereocenters. The summed E-state index contributed by atoms with van der Waals surface area (Å²) in [5, 5.41) is 23.0. The van der Waals surface area contributed by atoms with Gasteiger partial charge in [-0.2, -0.15) is 0 Å². The number of hydrogen-bond donors (Lipinski definition) is 3. The lowest BCUT2D eigenvalue weighted by molar-refractivity contribution is -0.123. The second-order valence-electron chi connectivity index (χ2n) is 15.1. The SMILES string of the molecule is CCCCCCC/C=C\C/C=C\C/C=C\CCCCCCCCCCC(=O)NC(CO)C(O)/C=C/CC/C=C/CC/C=C/CCCCCCCCCC. The van der Waals surface area contributed by atoms with Crippen LogP contribution in [0.3, 0.4) is 0 Å². The number of rotatable bonds is 40. The van der Waals surface area contributed by atoms with E-state index in [1.807, 2.05) is 6.08 Å². The van der Waals surface area contributed by atoms with Gasteiger partial charge < -0.3 is 15.5 Å². The first-order chi connectivity index (χ1) is 26.2. The first-order valence-corrected chi connectivity index (χ1v) is 22.7. The third-order valence-corrected chi connectivity index (χ3v) is 9.89. The highest BCUT2D eigenvalue weighted by Gasteiger charge is 2.17. The summed E-state index contributed by atoms with van der Waals surface area (Å²) in [5.41, 5.74) is 0. The molecule has 53 heavy (non-hydrogen) atoms. The molecule has 0 aromatic carbocycles. The molecule has 3 N–H and O–H groups in total. The fourth-order valence-electron chi connectivity index (χ4n) is 6.39. The first kappa shape index (κ1) is 50.8. The molecular formula is C49H87NO3. The van der Waals surface area contributed by atoms with Gasteiger partial charge in [0.15, 0.2) is 0 Å². The molecular weight excluding hydrogens is 651 g/mol. The summed E-state index contributed by atoms with van der Waals surface area (Å²) in [6, 6.07) is -0.653. The fourth-order valence-corrected chi connectivity index (χ4v) is 6.39. The summed E-state index contributed by atoms with van der Waals surface area (Å²) in [6.07, 6.45) is 62.9. The van der Waals surface area contributed by atoms with Gasteiger partial charge in [0.2, 0.25) is 5.91 Å². The minimum absolute atomic E-state index is 0.0878. The monoisotopic (exact) mass is 738 g/mol. The summed E-state index contributed by atoms with van der Waals surface area (Å²) < 4.78 is 0. The van der Waals surface area contributed by atoms with Crippen LogP contribution in [0, 0.1) is 0 Å². The van der Waals surface area contributed by atoms with Gasteiger partial charge in [-0.3, -0.25) is 4.79 Å². The van der Waals surface area contributed by atoms with Crippen molar-refractivity contribution in [2.24, 2.45) is 0 Å². The zero-order chi connectivity index (χ0) is 38.6. The Labute approximate surface area is 329 Å². The van der Waals surface area contributed by atoms with Gasteiger partial charge in [0.25, 0.3) is 0 Å². The van der Waals surface area contributed by atoms with Gasteiger partial charge in [-0.1, -0.05) is 196 Å². The molecule has 0 aliphatic carbocycles. The number of unbranched alkanes of at least 4 members (excludes halogenated alkanes) is 23. The average Bonchev–Trinajstić information content (AvgIpc) is 3.16. The molecule has 0 saturated carbocycles. The molecule has 2 atom stereocenters. The van der Waals surface area contributed by atoms with Crippen LogP contribution in [0.5, 0.6) is 0 Å². The molecule has 0 aliphatic heterocycles. The molecule has 306 valence electrons. The predicted molar refractivity (Wildman–Crippen MR) is 234 cm³/mol. The Hall–Kier alpha value is -2.17. The number of aliphatic hydroxyl groups is 2. The van der Waals surface area contributed by atoms with Crippen LogP contribution in [0.4, 0.5) is 0 Å². The Morgan fingerprint density at radius 3 is 1.23 bits per heavy atom. The molecule has 0 aromatic heterocycles. The van der Waals surface area contributed by atoms with Crippen LogP contribution in [0.2, 0.25) is 0 Å². The highest BCUT2D eigenvalue weighted by Crippen LogP contribution is 2.13. The van der Waals surface area contributed by atoms with Crippen molar-refractivity contribution in [1.29, 1.82) is 0 Å². The van der Waals surface area contributed by atoms with Crippen molar-refractivity contribution >= 4 is 5.91 Å². The zero-order valence-corrected chi connectivity index (χ0v) is 35.0. The van der Waals surface area contributed by atoms with Crippen LogP contribution in [0.1, 0.15) is 213 Å². The van der Waals surface area contributed by atoms with Gasteiger partial charge in [0.1, 0.15) is 0 Å². The summed E-state index contributed by atoms with van der Waals surface area (Å²) >= 11 is 0. The Morgan fingerprint density at radius 1 is 0.453 bits per heavy atom. The van der Waals surface area contributed by atoms with Crippen LogP contribution in [0.25, 0.3) is 0 Å². The van der Waals surface area contributed by atoms with E-state index in [2.05, 4.69) is 79.9 Å². The van der Waals surface area contributed by atoms with E-state index in [1.54, 1.807) is 6.08 Å². The van der Waals surface area contributed by atoms with E-state index >= 15 is 0 Å². The number of hydrogen-bond acceptors (Lipinski definition) is 3. The summed E-state index contributed by atoms with van der Waals surface area (Å²) in [7, 11) is 0. The van der Waals surface area contributed by atoms with E-state index in [4.69, 9.17) is 0 Å². The van der Waals surface area contributed by atoms with Gasteiger partial charge in [-0.15, -0.1) is 0 Å². The average molecular weight is 738 g/mol. The smallest absolute Gasteiger partial charge is 0.220 e. The van der Waals surface area contributed by atoms with Crippen molar-refractivity contribution in [2.45, 2.75) is 225 Å². The topological polar surface area (TPSA) is 69.6 Å². The Kier molecular flexibility index (Phi) is 42.4. The molecule has 0 aromatic rings. The van der Waals surface area contributed by atoms with E-state index in [-0.39, 0.29) is 12.5 Å². The number of carbonyl (C=O) groups is 1. The van der Waals surface area contributed by atoms with E-state index < -0.39 is 12.1 Å². The molecule has 1 amide bonds. The maximum Gasteiger partial charge on any atom is 0.220 e. The van der Waals surface area contributed by atoms with E-state index in [1.165, 1.54) is 135 Å². The minimum Gasteiger partial charge on any atom is -0.394 e. The summed E-state index contributed by atoms with van der Waals surface area (Å²) in [6.45, 7) is 4.27. The number of nitrogens with one attached hydrogen (secondary N) is 1. The van der Waals surface area contributed by atoms with Crippen molar-refractivity contribution in [3.05, 3.63) is 72.9 Å². The largest absolute Gasteiger partial charge is 0.394 e. The molecule has 0 radical (unpaired) electrons.